The molecule has 0 spiro atoms. The van der Waals surface area contributed by atoms with Crippen LogP contribution in [0.25, 0.3) is 0 Å². The van der Waals surface area contributed by atoms with Crippen LogP contribution in [0.15, 0.2) is 0 Å². The van der Waals surface area contributed by atoms with Crippen molar-refractivity contribution < 1.29 is 19.4 Å². The van der Waals surface area contributed by atoms with E-state index in [9.17, 15) is 4.79 Å². The summed E-state index contributed by atoms with van der Waals surface area (Å²) in [6.07, 6.45) is 35.1. The zero-order valence-electron chi connectivity index (χ0n) is 28.2. The number of rotatable bonds is 36. The minimum Gasteiger partial charge on any atom is -0.480 e. The highest BCUT2D eigenvalue weighted by molar-refractivity contribution is 7.99. The monoisotopic (exact) mass is 616 g/mol. The molecule has 42 heavy (non-hydrogen) atoms. The second-order valence-electron chi connectivity index (χ2n) is 12.5. The van der Waals surface area contributed by atoms with Crippen LogP contribution < -0.4 is 5.73 Å². The molecule has 0 aliphatic carbocycles. The van der Waals surface area contributed by atoms with Gasteiger partial charge in [0.1, 0.15) is 6.04 Å². The third kappa shape index (κ3) is 32.6. The van der Waals surface area contributed by atoms with Crippen molar-refractivity contribution in [2.24, 2.45) is 5.73 Å². The molecule has 6 heteroatoms. The lowest BCUT2D eigenvalue weighted by atomic mass is 10.0. The van der Waals surface area contributed by atoms with Crippen LogP contribution in [-0.4, -0.2) is 54.5 Å². The lowest BCUT2D eigenvalue weighted by Gasteiger charge is -2.18. The minimum atomic E-state index is -0.939. The molecule has 3 N–H and O–H groups in total. The molecule has 0 aliphatic heterocycles. The maximum atomic E-state index is 11.0. The Hall–Kier alpha value is -0.300. The maximum Gasteiger partial charge on any atom is 0.321 e. The minimum absolute atomic E-state index is 0.00953. The number of carbonyl (C=O) groups is 1. The number of carboxylic acid groups (broad SMARTS) is 1. The average Bonchev–Trinajstić information content (AvgIpc) is 2.98. The van der Waals surface area contributed by atoms with E-state index in [0.29, 0.717) is 12.4 Å². The molecule has 0 heterocycles. The number of thioether (sulfide) groups is 1. The summed E-state index contributed by atoms with van der Waals surface area (Å²) in [7, 11) is 0. The fourth-order valence-electron chi connectivity index (χ4n) is 5.35. The third-order valence-corrected chi connectivity index (χ3v) is 9.42. The van der Waals surface area contributed by atoms with E-state index in [4.69, 9.17) is 20.3 Å². The summed E-state index contributed by atoms with van der Waals surface area (Å²) >= 11 is 1.56. The normalized spacial score (nSPS) is 13.0. The van der Waals surface area contributed by atoms with Crippen LogP contribution in [0.4, 0.5) is 0 Å². The molecule has 0 aromatic rings. The van der Waals surface area contributed by atoms with E-state index in [2.05, 4.69) is 13.8 Å². The van der Waals surface area contributed by atoms with E-state index >= 15 is 0 Å². The predicted molar refractivity (Wildman–Crippen MR) is 185 cm³/mol. The molecule has 2 atom stereocenters. The molecule has 0 radical (unpaired) electrons. The summed E-state index contributed by atoms with van der Waals surface area (Å²) in [6, 6.07) is -0.816. The van der Waals surface area contributed by atoms with E-state index in [0.717, 1.165) is 31.8 Å². The Balaban J connectivity index is 3.80. The number of nitrogens with two attached hydrogens (primary N) is 1. The van der Waals surface area contributed by atoms with Crippen molar-refractivity contribution in [2.45, 2.75) is 193 Å². The fraction of sp³-hybridized carbons (Fsp3) is 0.972. The smallest absolute Gasteiger partial charge is 0.321 e. The summed E-state index contributed by atoms with van der Waals surface area (Å²) in [5, 5.41) is 9.05. The molecule has 5 nitrogen and oxygen atoms in total. The van der Waals surface area contributed by atoms with Crippen LogP contribution in [0, 0.1) is 0 Å². The van der Waals surface area contributed by atoms with Gasteiger partial charge in [0.2, 0.25) is 0 Å². The molecule has 0 amide bonds. The first kappa shape index (κ1) is 41.7. The molecular weight excluding hydrogens is 542 g/mol. The van der Waals surface area contributed by atoms with Crippen molar-refractivity contribution in [1.82, 2.24) is 0 Å². The number of aliphatic carboxylic acids is 1. The second-order valence-corrected chi connectivity index (χ2v) is 13.6. The highest BCUT2D eigenvalue weighted by Gasteiger charge is 2.15. The zero-order valence-corrected chi connectivity index (χ0v) is 29.0. The van der Waals surface area contributed by atoms with Gasteiger partial charge in [0.25, 0.3) is 0 Å². The van der Waals surface area contributed by atoms with Gasteiger partial charge in [-0.25, -0.2) is 0 Å². The van der Waals surface area contributed by atoms with Gasteiger partial charge in [-0.1, -0.05) is 168 Å². The summed E-state index contributed by atoms with van der Waals surface area (Å²) in [6.45, 7) is 6.70. The highest BCUT2D eigenvalue weighted by Crippen LogP contribution is 2.15. The van der Waals surface area contributed by atoms with Crippen molar-refractivity contribution in [3.63, 3.8) is 0 Å². The fourth-order valence-corrected chi connectivity index (χ4v) is 6.34. The van der Waals surface area contributed by atoms with E-state index < -0.39 is 12.0 Å². The summed E-state index contributed by atoms with van der Waals surface area (Å²) in [5.41, 5.74) is 5.68. The number of hydrogen-bond acceptors (Lipinski definition) is 5. The van der Waals surface area contributed by atoms with Gasteiger partial charge in [0, 0.05) is 24.7 Å². The van der Waals surface area contributed by atoms with Gasteiger partial charge in [-0.05, 0) is 12.8 Å². The second kappa shape index (κ2) is 35.2. The molecule has 0 fully saturated rings. The van der Waals surface area contributed by atoms with Crippen molar-refractivity contribution in [1.29, 1.82) is 0 Å². The van der Waals surface area contributed by atoms with Gasteiger partial charge >= 0.3 is 5.97 Å². The Morgan fingerprint density at radius 1 is 0.571 bits per heavy atom. The Kier molecular flexibility index (Phi) is 34.9. The Labute approximate surface area is 266 Å². The van der Waals surface area contributed by atoms with Crippen molar-refractivity contribution in [2.75, 3.05) is 31.3 Å². The van der Waals surface area contributed by atoms with Crippen molar-refractivity contribution in [3.8, 4) is 0 Å². The van der Waals surface area contributed by atoms with E-state index in [-0.39, 0.29) is 6.10 Å². The van der Waals surface area contributed by atoms with Crippen LogP contribution in [0.5, 0.6) is 0 Å². The van der Waals surface area contributed by atoms with E-state index in [1.165, 1.54) is 154 Å². The lowest BCUT2D eigenvalue weighted by molar-refractivity contribution is -0.137. The summed E-state index contributed by atoms with van der Waals surface area (Å²) in [5.74, 6) is 0.204. The molecule has 2 unspecified atom stereocenters. The van der Waals surface area contributed by atoms with E-state index in [1.807, 2.05) is 0 Å². The largest absolute Gasteiger partial charge is 0.480 e. The Morgan fingerprint density at radius 2 is 0.929 bits per heavy atom. The highest BCUT2D eigenvalue weighted by atomic mass is 32.2. The molecule has 0 saturated heterocycles. The summed E-state index contributed by atoms with van der Waals surface area (Å²) in [4.78, 5) is 11.0. The number of unbranched alkanes of at least 4 members (excludes halogenated alkanes) is 24. The molecule has 0 saturated carbocycles. The molecule has 0 rings (SSSR count). The maximum absolute atomic E-state index is 11.0. The molecule has 252 valence electrons. The van der Waals surface area contributed by atoms with Crippen molar-refractivity contribution >= 4 is 17.7 Å². The number of hydrogen-bond donors (Lipinski definition) is 2. The first-order chi connectivity index (χ1) is 20.6. The van der Waals surface area contributed by atoms with Crippen molar-refractivity contribution in [3.05, 3.63) is 0 Å². The molecule has 0 bridgehead atoms. The zero-order chi connectivity index (χ0) is 30.8. The molecule has 0 aromatic carbocycles. The standard InChI is InChI=1S/C36H73NO4S/c1-3-5-7-9-11-13-15-17-19-21-23-25-27-29-40-31-34(32-42-33-35(37)36(38)39)41-30-28-26-24-22-20-18-16-14-12-10-8-6-4-2/h34-35H,3-33,37H2,1-2H3,(H,38,39). The van der Waals surface area contributed by atoms with Crippen LogP contribution >= 0.6 is 11.8 Å². The lowest BCUT2D eigenvalue weighted by Crippen LogP contribution is -2.33. The average molecular weight is 616 g/mol. The first-order valence-corrected chi connectivity index (χ1v) is 19.5. The van der Waals surface area contributed by atoms with Gasteiger partial charge in [-0.3, -0.25) is 4.79 Å². The van der Waals surface area contributed by atoms with Gasteiger partial charge < -0.3 is 20.3 Å². The van der Waals surface area contributed by atoms with E-state index in [1.54, 1.807) is 11.8 Å². The molecule has 0 aliphatic rings. The van der Waals surface area contributed by atoms with Crippen LogP contribution in [0.3, 0.4) is 0 Å². The Morgan fingerprint density at radius 3 is 1.31 bits per heavy atom. The summed E-state index contributed by atoms with van der Waals surface area (Å²) < 4.78 is 12.2. The predicted octanol–water partition coefficient (Wildman–Crippen LogP) is 10.7. The first-order valence-electron chi connectivity index (χ1n) is 18.4. The molecule has 0 aromatic heterocycles. The third-order valence-electron chi connectivity index (χ3n) is 8.22. The van der Waals surface area contributed by atoms with Gasteiger partial charge in [-0.2, -0.15) is 11.8 Å². The number of carboxylic acids is 1. The van der Waals surface area contributed by atoms with Crippen LogP contribution in [-0.2, 0) is 14.3 Å². The van der Waals surface area contributed by atoms with Gasteiger partial charge in [0.05, 0.1) is 12.7 Å². The SMILES string of the molecule is CCCCCCCCCCCCCCCOCC(CSCC(N)C(=O)O)OCCCCCCCCCCCCCCC. The van der Waals surface area contributed by atoms with Crippen LogP contribution in [0.1, 0.15) is 181 Å². The quantitative estimate of drug-likeness (QED) is 0.0682. The van der Waals surface area contributed by atoms with Gasteiger partial charge in [0.15, 0.2) is 0 Å². The van der Waals surface area contributed by atoms with Gasteiger partial charge in [-0.15, -0.1) is 0 Å². The van der Waals surface area contributed by atoms with Crippen LogP contribution in [0.2, 0.25) is 0 Å². The number of ether oxygens (including phenoxy) is 2. The topological polar surface area (TPSA) is 81.8 Å². The molecular formula is C36H73NO4S. The Bertz CT molecular complexity index is 537.